The number of hydrogen-bond donors (Lipinski definition) is 4. The summed E-state index contributed by atoms with van der Waals surface area (Å²) in [7, 11) is 0. The van der Waals surface area contributed by atoms with Crippen molar-refractivity contribution in [3.8, 4) is 0 Å². The van der Waals surface area contributed by atoms with E-state index in [2.05, 4.69) is 22.4 Å². The van der Waals surface area contributed by atoms with E-state index < -0.39 is 11.9 Å². The molecule has 1 aliphatic rings. The van der Waals surface area contributed by atoms with Crippen molar-refractivity contribution in [2.24, 2.45) is 5.73 Å². The number of benzene rings is 1. The third kappa shape index (κ3) is 3.56. The molecule has 0 saturated carbocycles. The van der Waals surface area contributed by atoms with E-state index in [9.17, 15) is 4.79 Å². The number of amidine groups is 1. The Hall–Kier alpha value is -3.68. The summed E-state index contributed by atoms with van der Waals surface area (Å²) in [6, 6.07) is 9.75. The molecule has 29 heavy (non-hydrogen) atoms. The fraction of sp³-hybridized carbons (Fsp3) is 0.238. The third-order valence-corrected chi connectivity index (χ3v) is 5.13. The molecule has 0 atom stereocenters. The number of nitrogens with zero attached hydrogens (tertiary/aromatic N) is 2. The second-order valence-corrected chi connectivity index (χ2v) is 7.07. The number of hydrogen-bond acceptors (Lipinski definition) is 6. The fourth-order valence-corrected chi connectivity index (χ4v) is 3.82. The van der Waals surface area contributed by atoms with E-state index in [4.69, 9.17) is 21.3 Å². The Labute approximate surface area is 167 Å². The van der Waals surface area contributed by atoms with Gasteiger partial charge in [0.25, 0.3) is 6.02 Å². The van der Waals surface area contributed by atoms with Gasteiger partial charge in [0.15, 0.2) is 0 Å². The topological polar surface area (TPSA) is 130 Å². The molecule has 4 rings (SSSR count). The normalized spacial score (nSPS) is 13.3. The van der Waals surface area contributed by atoms with E-state index in [0.29, 0.717) is 17.6 Å². The Kier molecular flexibility index (Phi) is 4.75. The molecule has 3 aromatic rings. The van der Waals surface area contributed by atoms with Crippen LogP contribution in [0, 0.1) is 10.8 Å². The minimum atomic E-state index is -0.633. The molecule has 0 saturated heterocycles. The maximum absolute atomic E-state index is 13.0. The second-order valence-electron chi connectivity index (χ2n) is 7.07. The zero-order valence-electron chi connectivity index (χ0n) is 16.0. The molecule has 0 unspecified atom stereocenters. The highest BCUT2D eigenvalue weighted by Crippen LogP contribution is 2.25. The zero-order chi connectivity index (χ0) is 20.5. The van der Waals surface area contributed by atoms with E-state index in [-0.39, 0.29) is 17.0 Å². The number of aryl methyl sites for hydroxylation is 1. The highest BCUT2D eigenvalue weighted by molar-refractivity contribution is 6.00. The lowest BCUT2D eigenvalue weighted by Crippen LogP contribution is -2.26. The van der Waals surface area contributed by atoms with Gasteiger partial charge in [0.2, 0.25) is 11.3 Å². The Morgan fingerprint density at radius 1 is 1.31 bits per heavy atom. The van der Waals surface area contributed by atoms with E-state index in [1.54, 1.807) is 16.8 Å². The summed E-state index contributed by atoms with van der Waals surface area (Å²) >= 11 is 0. The van der Waals surface area contributed by atoms with Gasteiger partial charge in [-0.3, -0.25) is 15.6 Å². The summed E-state index contributed by atoms with van der Waals surface area (Å²) in [4.78, 5) is 17.5. The van der Waals surface area contributed by atoms with E-state index in [1.807, 2.05) is 19.1 Å². The summed E-state index contributed by atoms with van der Waals surface area (Å²) in [6.45, 7) is 2.49. The van der Waals surface area contributed by atoms with Crippen molar-refractivity contribution in [1.29, 1.82) is 10.8 Å². The van der Waals surface area contributed by atoms with Crippen LogP contribution in [0.5, 0.6) is 0 Å². The van der Waals surface area contributed by atoms with Gasteiger partial charge in [-0.25, -0.2) is 4.98 Å². The predicted molar refractivity (Wildman–Crippen MR) is 113 cm³/mol. The first-order valence-electron chi connectivity index (χ1n) is 9.43. The molecule has 8 nitrogen and oxygen atoms in total. The van der Waals surface area contributed by atoms with Crippen molar-refractivity contribution < 1.29 is 4.74 Å². The zero-order valence-corrected chi connectivity index (χ0v) is 16.0. The summed E-state index contributed by atoms with van der Waals surface area (Å²) < 4.78 is 6.61. The molecule has 0 spiro atoms. The highest BCUT2D eigenvalue weighted by atomic mass is 16.5. The lowest BCUT2D eigenvalue weighted by atomic mass is 10.1. The Bertz CT molecular complexity index is 1160. The Balaban J connectivity index is 1.69. The average Bonchev–Trinajstić information content (AvgIpc) is 3.10. The van der Waals surface area contributed by atoms with E-state index in [0.717, 1.165) is 18.5 Å². The minimum Gasteiger partial charge on any atom is -0.407 e. The van der Waals surface area contributed by atoms with Crippen LogP contribution in [-0.4, -0.2) is 27.5 Å². The summed E-state index contributed by atoms with van der Waals surface area (Å²) in [5, 5.41) is 19.0. The first-order valence-corrected chi connectivity index (χ1v) is 9.43. The maximum atomic E-state index is 13.0. The van der Waals surface area contributed by atoms with Crippen LogP contribution in [0.2, 0.25) is 0 Å². The van der Waals surface area contributed by atoms with Gasteiger partial charge in [0, 0.05) is 18.8 Å². The molecular formula is C21H22N6O2. The van der Waals surface area contributed by atoms with Gasteiger partial charge >= 0.3 is 0 Å². The van der Waals surface area contributed by atoms with Crippen LogP contribution in [0.3, 0.4) is 0 Å². The second kappa shape index (κ2) is 7.38. The van der Waals surface area contributed by atoms with Crippen molar-refractivity contribution in [1.82, 2.24) is 9.55 Å². The number of nitrogens with one attached hydrogen (secondary N) is 3. The molecule has 0 bridgehead atoms. The van der Waals surface area contributed by atoms with Crippen molar-refractivity contribution in [3.05, 3.63) is 69.6 Å². The standard InChI is InChI=1S/C21H22N6O2/c1-2-27-11-17(19(22)29-21(23)24)18(28)16-9-15(10-25-20(16)27)26-14-7-12-5-3-4-6-13(12)8-14/h3-6,9-11,14,22,26H,2,7-8H2,1H3,(H3,23,24). The summed E-state index contributed by atoms with van der Waals surface area (Å²) in [5.41, 5.74) is 8.84. The number of fused-ring (bicyclic) bond motifs is 2. The minimum absolute atomic E-state index is 0.0433. The SMILES string of the molecule is CCn1cc(C(=N)OC(=N)N)c(=O)c2cc(NC3Cc4ccccc4C3)cnc21. The van der Waals surface area contributed by atoms with Crippen molar-refractivity contribution >= 4 is 28.6 Å². The monoisotopic (exact) mass is 390 g/mol. The number of anilines is 1. The molecular weight excluding hydrogens is 368 g/mol. The molecule has 1 aromatic carbocycles. The highest BCUT2D eigenvalue weighted by Gasteiger charge is 2.21. The van der Waals surface area contributed by atoms with Gasteiger partial charge in [-0.2, -0.15) is 0 Å². The van der Waals surface area contributed by atoms with Crippen LogP contribution >= 0.6 is 0 Å². The number of nitrogens with two attached hydrogens (primary N) is 1. The third-order valence-electron chi connectivity index (χ3n) is 5.13. The van der Waals surface area contributed by atoms with Crippen LogP contribution < -0.4 is 16.5 Å². The number of aromatic nitrogens is 2. The van der Waals surface area contributed by atoms with E-state index in [1.165, 1.54) is 17.3 Å². The first-order chi connectivity index (χ1) is 14.0. The van der Waals surface area contributed by atoms with E-state index >= 15 is 0 Å². The van der Waals surface area contributed by atoms with Crippen LogP contribution in [-0.2, 0) is 24.1 Å². The molecule has 8 heteroatoms. The lowest BCUT2D eigenvalue weighted by molar-refractivity contribution is 0.526. The molecule has 0 aliphatic heterocycles. The largest absolute Gasteiger partial charge is 0.407 e. The molecule has 0 fully saturated rings. The van der Waals surface area contributed by atoms with Gasteiger partial charge in [-0.05, 0) is 37.0 Å². The van der Waals surface area contributed by atoms with Crippen LogP contribution in [0.15, 0.2) is 47.5 Å². The fourth-order valence-electron chi connectivity index (χ4n) is 3.82. The van der Waals surface area contributed by atoms with Gasteiger partial charge in [-0.1, -0.05) is 24.3 Å². The molecule has 2 aromatic heterocycles. The molecule has 0 amide bonds. The molecule has 2 heterocycles. The molecule has 148 valence electrons. The van der Waals surface area contributed by atoms with Gasteiger partial charge in [0.1, 0.15) is 11.2 Å². The quantitative estimate of drug-likeness (QED) is 0.401. The van der Waals surface area contributed by atoms with Crippen molar-refractivity contribution in [3.63, 3.8) is 0 Å². The number of rotatable bonds is 4. The molecule has 0 radical (unpaired) electrons. The summed E-state index contributed by atoms with van der Waals surface area (Å²) in [5.74, 6) is -0.448. The molecule has 1 aliphatic carbocycles. The smallest absolute Gasteiger partial charge is 0.285 e. The average molecular weight is 390 g/mol. The van der Waals surface area contributed by atoms with Crippen LogP contribution in [0.1, 0.15) is 23.6 Å². The van der Waals surface area contributed by atoms with Crippen molar-refractivity contribution in [2.45, 2.75) is 32.4 Å². The van der Waals surface area contributed by atoms with Gasteiger partial charge in [0.05, 0.1) is 17.3 Å². The number of ether oxygens (including phenoxy) is 1. The lowest BCUT2D eigenvalue weighted by Gasteiger charge is -2.16. The number of pyridine rings is 2. The van der Waals surface area contributed by atoms with Crippen LogP contribution in [0.4, 0.5) is 5.69 Å². The predicted octanol–water partition coefficient (Wildman–Crippen LogP) is 2.23. The van der Waals surface area contributed by atoms with Gasteiger partial charge < -0.3 is 20.4 Å². The van der Waals surface area contributed by atoms with Crippen molar-refractivity contribution in [2.75, 3.05) is 5.32 Å². The molecule has 5 N–H and O–H groups in total. The first kappa shape index (κ1) is 18.7. The Morgan fingerprint density at radius 2 is 2.00 bits per heavy atom. The van der Waals surface area contributed by atoms with Crippen LogP contribution in [0.25, 0.3) is 11.0 Å². The Morgan fingerprint density at radius 3 is 2.62 bits per heavy atom. The summed E-state index contributed by atoms with van der Waals surface area (Å²) in [6.07, 6.45) is 5.09. The maximum Gasteiger partial charge on any atom is 0.285 e. The van der Waals surface area contributed by atoms with Gasteiger partial charge in [-0.15, -0.1) is 0 Å².